The standard InChI is InChI=1S/C17H13NO/c1-12-7-13(11-19)9-15(8-12)16-4-2-3-14-10-18-6-5-17(14)16/h2-11H,1H3. The second-order valence-corrected chi connectivity index (χ2v) is 4.65. The highest BCUT2D eigenvalue weighted by molar-refractivity contribution is 5.97. The molecule has 2 heteroatoms. The Hall–Kier alpha value is -2.48. The van der Waals surface area contributed by atoms with Gasteiger partial charge in [0.25, 0.3) is 0 Å². The van der Waals surface area contributed by atoms with Crippen LogP contribution in [0.2, 0.25) is 0 Å². The van der Waals surface area contributed by atoms with E-state index in [0.29, 0.717) is 5.56 Å². The number of pyridine rings is 1. The molecule has 0 unspecified atom stereocenters. The smallest absolute Gasteiger partial charge is 0.150 e. The molecule has 19 heavy (non-hydrogen) atoms. The van der Waals surface area contributed by atoms with Crippen LogP contribution in [0.25, 0.3) is 21.9 Å². The first-order valence-electron chi connectivity index (χ1n) is 6.18. The number of rotatable bonds is 2. The minimum atomic E-state index is 0.709. The van der Waals surface area contributed by atoms with Gasteiger partial charge in [-0.25, -0.2) is 0 Å². The Labute approximate surface area is 111 Å². The molecule has 1 aromatic heterocycles. The molecule has 0 atom stereocenters. The van der Waals surface area contributed by atoms with Crippen molar-refractivity contribution in [2.45, 2.75) is 6.92 Å². The van der Waals surface area contributed by atoms with Crippen molar-refractivity contribution in [3.05, 3.63) is 66.0 Å². The number of hydrogen-bond acceptors (Lipinski definition) is 2. The van der Waals surface area contributed by atoms with Crippen molar-refractivity contribution in [2.24, 2.45) is 0 Å². The topological polar surface area (TPSA) is 30.0 Å². The van der Waals surface area contributed by atoms with E-state index in [4.69, 9.17) is 0 Å². The number of fused-ring (bicyclic) bond motifs is 1. The molecule has 0 bridgehead atoms. The van der Waals surface area contributed by atoms with E-state index < -0.39 is 0 Å². The van der Waals surface area contributed by atoms with Crippen molar-refractivity contribution < 1.29 is 4.79 Å². The Morgan fingerprint density at radius 3 is 2.84 bits per heavy atom. The van der Waals surface area contributed by atoms with Crippen LogP contribution in [0.5, 0.6) is 0 Å². The summed E-state index contributed by atoms with van der Waals surface area (Å²) in [5, 5.41) is 2.26. The maximum atomic E-state index is 11.0. The van der Waals surface area contributed by atoms with Crippen molar-refractivity contribution in [3.63, 3.8) is 0 Å². The molecule has 2 aromatic carbocycles. The number of aldehydes is 1. The molecule has 0 spiro atoms. The zero-order valence-corrected chi connectivity index (χ0v) is 10.6. The second-order valence-electron chi connectivity index (χ2n) is 4.65. The van der Waals surface area contributed by atoms with E-state index in [-0.39, 0.29) is 0 Å². The van der Waals surface area contributed by atoms with Gasteiger partial charge in [0, 0.05) is 23.3 Å². The van der Waals surface area contributed by atoms with Crippen LogP contribution >= 0.6 is 0 Å². The molecule has 3 aromatic rings. The quantitative estimate of drug-likeness (QED) is 0.640. The predicted molar refractivity (Wildman–Crippen MR) is 77.3 cm³/mol. The fraction of sp³-hybridized carbons (Fsp3) is 0.0588. The molecule has 0 N–H and O–H groups in total. The van der Waals surface area contributed by atoms with Gasteiger partial charge in [-0.15, -0.1) is 0 Å². The Kier molecular flexibility index (Phi) is 2.84. The van der Waals surface area contributed by atoms with Gasteiger partial charge in [-0.2, -0.15) is 0 Å². The number of nitrogens with zero attached hydrogens (tertiary/aromatic N) is 1. The monoisotopic (exact) mass is 247 g/mol. The van der Waals surface area contributed by atoms with Crippen molar-refractivity contribution in [1.82, 2.24) is 4.98 Å². The van der Waals surface area contributed by atoms with Crippen LogP contribution in [0.4, 0.5) is 0 Å². The molecule has 2 nitrogen and oxygen atoms in total. The van der Waals surface area contributed by atoms with E-state index in [1.54, 1.807) is 6.20 Å². The molecule has 0 amide bonds. The zero-order chi connectivity index (χ0) is 13.2. The number of carbonyl (C=O) groups is 1. The maximum absolute atomic E-state index is 11.0. The van der Waals surface area contributed by atoms with Crippen LogP contribution in [0.1, 0.15) is 15.9 Å². The van der Waals surface area contributed by atoms with E-state index in [0.717, 1.165) is 33.7 Å². The fourth-order valence-corrected chi connectivity index (χ4v) is 2.41. The SMILES string of the molecule is Cc1cc(C=O)cc(-c2cccc3cnccc23)c1. The molecule has 3 rings (SSSR count). The first kappa shape index (κ1) is 11.6. The largest absolute Gasteiger partial charge is 0.298 e. The molecule has 0 fully saturated rings. The van der Waals surface area contributed by atoms with Gasteiger partial charge in [0.1, 0.15) is 6.29 Å². The number of carbonyl (C=O) groups excluding carboxylic acids is 1. The number of aromatic nitrogens is 1. The van der Waals surface area contributed by atoms with E-state index in [1.807, 2.05) is 43.5 Å². The third-order valence-corrected chi connectivity index (χ3v) is 3.23. The van der Waals surface area contributed by atoms with Gasteiger partial charge in [-0.05, 0) is 47.2 Å². The number of benzene rings is 2. The number of hydrogen-bond donors (Lipinski definition) is 0. The number of aryl methyl sites for hydroxylation is 1. The van der Waals surface area contributed by atoms with E-state index in [1.165, 1.54) is 0 Å². The lowest BCUT2D eigenvalue weighted by molar-refractivity contribution is 0.112. The summed E-state index contributed by atoms with van der Waals surface area (Å²) < 4.78 is 0. The third kappa shape index (κ3) is 2.13. The van der Waals surface area contributed by atoms with Gasteiger partial charge < -0.3 is 0 Å². The Morgan fingerprint density at radius 2 is 2.00 bits per heavy atom. The predicted octanol–water partition coefficient (Wildman–Crippen LogP) is 4.02. The highest BCUT2D eigenvalue weighted by atomic mass is 16.1. The lowest BCUT2D eigenvalue weighted by Gasteiger charge is -2.08. The van der Waals surface area contributed by atoms with Crippen molar-refractivity contribution >= 4 is 17.1 Å². The summed E-state index contributed by atoms with van der Waals surface area (Å²) in [6.07, 6.45) is 4.54. The summed E-state index contributed by atoms with van der Waals surface area (Å²) in [6.45, 7) is 2.00. The molecule has 0 radical (unpaired) electrons. The normalized spacial score (nSPS) is 10.6. The zero-order valence-electron chi connectivity index (χ0n) is 10.6. The van der Waals surface area contributed by atoms with Crippen LogP contribution in [-0.2, 0) is 0 Å². The highest BCUT2D eigenvalue weighted by Gasteiger charge is 2.05. The lowest BCUT2D eigenvalue weighted by atomic mass is 9.96. The van der Waals surface area contributed by atoms with Gasteiger partial charge in [0.05, 0.1) is 0 Å². The van der Waals surface area contributed by atoms with Crippen LogP contribution < -0.4 is 0 Å². The molecular formula is C17H13NO. The van der Waals surface area contributed by atoms with Crippen LogP contribution in [0, 0.1) is 6.92 Å². The first-order chi connectivity index (χ1) is 9.28. The molecule has 0 saturated carbocycles. The van der Waals surface area contributed by atoms with Crippen molar-refractivity contribution in [1.29, 1.82) is 0 Å². The molecule has 92 valence electrons. The average molecular weight is 247 g/mol. The van der Waals surface area contributed by atoms with Gasteiger partial charge in [0.2, 0.25) is 0 Å². The first-order valence-corrected chi connectivity index (χ1v) is 6.18. The minimum Gasteiger partial charge on any atom is -0.298 e. The average Bonchev–Trinajstić information content (AvgIpc) is 2.46. The summed E-state index contributed by atoms with van der Waals surface area (Å²) in [5.41, 5.74) is 4.00. The second kappa shape index (κ2) is 4.65. The molecule has 0 aliphatic heterocycles. The molecule has 0 aliphatic rings. The van der Waals surface area contributed by atoms with Gasteiger partial charge in [0.15, 0.2) is 0 Å². The van der Waals surface area contributed by atoms with Crippen molar-refractivity contribution in [3.8, 4) is 11.1 Å². The highest BCUT2D eigenvalue weighted by Crippen LogP contribution is 2.29. The molecule has 1 heterocycles. The summed E-state index contributed by atoms with van der Waals surface area (Å²) in [4.78, 5) is 15.1. The molecule has 0 saturated heterocycles. The summed E-state index contributed by atoms with van der Waals surface area (Å²) in [6, 6.07) is 14.1. The fourth-order valence-electron chi connectivity index (χ4n) is 2.41. The van der Waals surface area contributed by atoms with Gasteiger partial charge in [-0.1, -0.05) is 24.3 Å². The Morgan fingerprint density at radius 1 is 1.11 bits per heavy atom. The van der Waals surface area contributed by atoms with Crippen molar-refractivity contribution in [2.75, 3.05) is 0 Å². The van der Waals surface area contributed by atoms with Crippen LogP contribution in [0.3, 0.4) is 0 Å². The summed E-state index contributed by atoms with van der Waals surface area (Å²) >= 11 is 0. The summed E-state index contributed by atoms with van der Waals surface area (Å²) in [5.74, 6) is 0. The van der Waals surface area contributed by atoms with E-state index >= 15 is 0 Å². The Bertz CT molecular complexity index is 757. The van der Waals surface area contributed by atoms with E-state index in [2.05, 4.69) is 17.1 Å². The molecular weight excluding hydrogens is 234 g/mol. The third-order valence-electron chi connectivity index (χ3n) is 3.23. The van der Waals surface area contributed by atoms with Crippen LogP contribution in [-0.4, -0.2) is 11.3 Å². The molecule has 0 aliphatic carbocycles. The van der Waals surface area contributed by atoms with Gasteiger partial charge in [-0.3, -0.25) is 9.78 Å². The van der Waals surface area contributed by atoms with E-state index in [9.17, 15) is 4.79 Å². The Balaban J connectivity index is 2.30. The van der Waals surface area contributed by atoms with Crippen LogP contribution in [0.15, 0.2) is 54.9 Å². The van der Waals surface area contributed by atoms with Gasteiger partial charge >= 0.3 is 0 Å². The minimum absolute atomic E-state index is 0.709. The summed E-state index contributed by atoms with van der Waals surface area (Å²) in [7, 11) is 0. The maximum Gasteiger partial charge on any atom is 0.150 e. The lowest BCUT2D eigenvalue weighted by Crippen LogP contribution is -1.87.